The van der Waals surface area contributed by atoms with Gasteiger partial charge in [0.25, 0.3) is 5.69 Å². The zero-order valence-corrected chi connectivity index (χ0v) is 9.97. The minimum absolute atomic E-state index is 0.0353. The van der Waals surface area contributed by atoms with Crippen LogP contribution in [0, 0.1) is 10.1 Å². The van der Waals surface area contributed by atoms with E-state index in [1.807, 2.05) is 0 Å². The molecule has 3 N–H and O–H groups in total. The van der Waals surface area contributed by atoms with Gasteiger partial charge in [0.1, 0.15) is 0 Å². The van der Waals surface area contributed by atoms with Crippen LogP contribution in [0.25, 0.3) is 0 Å². The highest BCUT2D eigenvalue weighted by atomic mass is 79.9. The van der Waals surface area contributed by atoms with Crippen LogP contribution >= 0.6 is 28.1 Å². The van der Waals surface area contributed by atoms with Gasteiger partial charge in [-0.2, -0.15) is 0 Å². The summed E-state index contributed by atoms with van der Waals surface area (Å²) < 4.78 is 0. The van der Waals surface area contributed by atoms with Gasteiger partial charge in [-0.25, -0.2) is 0 Å². The molecule has 0 aliphatic rings. The van der Waals surface area contributed by atoms with Crippen LogP contribution in [-0.2, 0) is 5.33 Å². The lowest BCUT2D eigenvalue weighted by atomic mass is 10.1. The van der Waals surface area contributed by atoms with Gasteiger partial charge in [0.2, 0.25) is 0 Å². The number of alkyl halides is 1. The van der Waals surface area contributed by atoms with Gasteiger partial charge in [-0.3, -0.25) is 10.1 Å². The van der Waals surface area contributed by atoms with E-state index in [9.17, 15) is 10.1 Å². The highest BCUT2D eigenvalue weighted by Crippen LogP contribution is 2.28. The van der Waals surface area contributed by atoms with E-state index in [2.05, 4.69) is 33.5 Å². The average Bonchev–Trinajstić information content (AvgIpc) is 2.16. The lowest BCUT2D eigenvalue weighted by molar-refractivity contribution is -0.385. The fourth-order valence-corrected chi connectivity index (χ4v) is 1.84. The van der Waals surface area contributed by atoms with Gasteiger partial charge in [0, 0.05) is 11.4 Å². The highest BCUT2D eigenvalue weighted by Gasteiger charge is 2.16. The number of rotatable bonds is 3. The number of nitro groups is 1. The van der Waals surface area contributed by atoms with E-state index in [0.29, 0.717) is 16.6 Å². The van der Waals surface area contributed by atoms with Crippen LogP contribution in [0.4, 0.5) is 11.4 Å². The molecule has 0 atom stereocenters. The molecule has 7 heteroatoms. The Kier molecular flexibility index (Phi) is 3.98. The van der Waals surface area contributed by atoms with E-state index in [4.69, 9.17) is 5.73 Å². The molecule has 80 valence electrons. The lowest BCUT2D eigenvalue weighted by Crippen LogP contribution is -2.19. The normalized spacial score (nSPS) is 9.67. The Balaban J connectivity index is 3.21. The smallest absolute Gasteiger partial charge is 0.275 e. The Bertz CT molecular complexity index is 411. The molecule has 0 saturated heterocycles. The molecule has 0 amide bonds. The minimum Gasteiger partial charge on any atom is -0.376 e. The van der Waals surface area contributed by atoms with Crippen molar-refractivity contribution >= 4 is 44.6 Å². The van der Waals surface area contributed by atoms with E-state index in [-0.39, 0.29) is 10.8 Å². The number of benzene rings is 1. The Labute approximate surface area is 99.9 Å². The third-order valence-corrected chi connectivity index (χ3v) is 2.40. The van der Waals surface area contributed by atoms with Crippen molar-refractivity contribution in [3.05, 3.63) is 33.9 Å². The van der Waals surface area contributed by atoms with Crippen molar-refractivity contribution in [2.24, 2.45) is 5.73 Å². The summed E-state index contributed by atoms with van der Waals surface area (Å²) in [5, 5.41) is 13.8. The van der Waals surface area contributed by atoms with Crippen molar-refractivity contribution in [1.29, 1.82) is 0 Å². The van der Waals surface area contributed by atoms with Gasteiger partial charge in [0.15, 0.2) is 5.11 Å². The second kappa shape index (κ2) is 5.04. The number of nitrogens with zero attached hydrogens (tertiary/aromatic N) is 1. The number of thiocarbonyl (C=S) groups is 1. The number of anilines is 1. The fourth-order valence-electron chi connectivity index (χ4n) is 1.14. The molecule has 0 radical (unpaired) electrons. The van der Waals surface area contributed by atoms with Gasteiger partial charge >= 0.3 is 0 Å². The molecule has 0 heterocycles. The summed E-state index contributed by atoms with van der Waals surface area (Å²) in [6, 6.07) is 4.69. The molecule has 0 aromatic heterocycles. The summed E-state index contributed by atoms with van der Waals surface area (Å²) in [5.74, 6) is 0. The predicted octanol–water partition coefficient (Wildman–Crippen LogP) is 2.15. The Morgan fingerprint density at radius 2 is 2.33 bits per heavy atom. The van der Waals surface area contributed by atoms with Crippen molar-refractivity contribution in [2.75, 3.05) is 5.32 Å². The Hall–Kier alpha value is -1.21. The quantitative estimate of drug-likeness (QED) is 0.386. The summed E-state index contributed by atoms with van der Waals surface area (Å²) in [4.78, 5) is 10.3. The van der Waals surface area contributed by atoms with Crippen molar-refractivity contribution < 1.29 is 4.92 Å². The van der Waals surface area contributed by atoms with E-state index >= 15 is 0 Å². The molecule has 0 spiro atoms. The molecule has 15 heavy (non-hydrogen) atoms. The van der Waals surface area contributed by atoms with Crippen LogP contribution in [0.1, 0.15) is 5.56 Å². The maximum Gasteiger partial charge on any atom is 0.275 e. The third-order valence-electron chi connectivity index (χ3n) is 1.74. The number of halogens is 1. The minimum atomic E-state index is -0.443. The molecule has 0 aliphatic carbocycles. The first-order valence-corrected chi connectivity index (χ1v) is 5.48. The zero-order valence-electron chi connectivity index (χ0n) is 7.57. The number of nitrogens with one attached hydrogen (secondary N) is 1. The molecule has 0 saturated carbocycles. The van der Waals surface area contributed by atoms with Gasteiger partial charge in [-0.15, -0.1) is 0 Å². The SMILES string of the molecule is NC(=S)Nc1cccc([N+](=O)[O-])c1CBr. The molecule has 1 rings (SSSR count). The number of nitrogens with two attached hydrogens (primary N) is 1. The van der Waals surface area contributed by atoms with Crippen LogP contribution in [0.3, 0.4) is 0 Å². The van der Waals surface area contributed by atoms with Crippen molar-refractivity contribution in [3.63, 3.8) is 0 Å². The van der Waals surface area contributed by atoms with Crippen molar-refractivity contribution in [3.8, 4) is 0 Å². The summed E-state index contributed by atoms with van der Waals surface area (Å²) in [5.41, 5.74) is 6.42. The van der Waals surface area contributed by atoms with Crippen LogP contribution in [0.5, 0.6) is 0 Å². The number of nitro benzene ring substituents is 1. The van der Waals surface area contributed by atoms with Crippen LogP contribution < -0.4 is 11.1 Å². The molecular formula is C8H8BrN3O2S. The monoisotopic (exact) mass is 289 g/mol. The maximum atomic E-state index is 10.7. The first-order valence-electron chi connectivity index (χ1n) is 3.95. The highest BCUT2D eigenvalue weighted by molar-refractivity contribution is 9.08. The summed E-state index contributed by atoms with van der Waals surface area (Å²) in [6.45, 7) is 0. The average molecular weight is 290 g/mol. The third kappa shape index (κ3) is 2.87. The summed E-state index contributed by atoms with van der Waals surface area (Å²) in [6.07, 6.45) is 0. The van der Waals surface area contributed by atoms with Crippen LogP contribution in [0.15, 0.2) is 18.2 Å². The van der Waals surface area contributed by atoms with Crippen molar-refractivity contribution in [2.45, 2.75) is 5.33 Å². The molecule has 1 aromatic rings. The van der Waals surface area contributed by atoms with Crippen LogP contribution in [0.2, 0.25) is 0 Å². The van der Waals surface area contributed by atoms with Gasteiger partial charge in [-0.1, -0.05) is 22.0 Å². The Morgan fingerprint density at radius 3 is 2.80 bits per heavy atom. The molecule has 5 nitrogen and oxygen atoms in total. The van der Waals surface area contributed by atoms with Crippen LogP contribution in [-0.4, -0.2) is 10.0 Å². The Morgan fingerprint density at radius 1 is 1.67 bits per heavy atom. The second-order valence-electron chi connectivity index (χ2n) is 2.68. The number of hydrogen-bond acceptors (Lipinski definition) is 3. The summed E-state index contributed by atoms with van der Waals surface area (Å²) in [7, 11) is 0. The molecular weight excluding hydrogens is 282 g/mol. The zero-order chi connectivity index (χ0) is 11.4. The van der Waals surface area contributed by atoms with Gasteiger partial charge in [0.05, 0.1) is 16.2 Å². The van der Waals surface area contributed by atoms with E-state index in [0.717, 1.165) is 0 Å². The first-order chi connectivity index (χ1) is 7.06. The van der Waals surface area contributed by atoms with E-state index < -0.39 is 4.92 Å². The standard InChI is InChI=1S/C8H8BrN3O2S/c9-4-5-6(11-8(10)15)2-1-3-7(5)12(13)14/h1-3H,4H2,(H3,10,11,15). The predicted molar refractivity (Wildman–Crippen MR) is 66.1 cm³/mol. The summed E-state index contributed by atoms with van der Waals surface area (Å²) >= 11 is 7.86. The van der Waals surface area contributed by atoms with Gasteiger partial charge < -0.3 is 11.1 Å². The molecule has 0 fully saturated rings. The molecule has 0 bridgehead atoms. The lowest BCUT2D eigenvalue weighted by Gasteiger charge is -2.08. The topological polar surface area (TPSA) is 81.2 Å². The first kappa shape index (κ1) is 11.9. The molecule has 1 aromatic carbocycles. The van der Waals surface area contributed by atoms with Crippen molar-refractivity contribution in [1.82, 2.24) is 0 Å². The maximum absolute atomic E-state index is 10.7. The van der Waals surface area contributed by atoms with E-state index in [1.165, 1.54) is 6.07 Å². The second-order valence-corrected chi connectivity index (χ2v) is 3.68. The fraction of sp³-hybridized carbons (Fsp3) is 0.125. The molecule has 0 aliphatic heterocycles. The van der Waals surface area contributed by atoms with Gasteiger partial charge in [-0.05, 0) is 18.3 Å². The molecule has 0 unspecified atom stereocenters. The van der Waals surface area contributed by atoms with E-state index in [1.54, 1.807) is 12.1 Å². The number of hydrogen-bond donors (Lipinski definition) is 2. The largest absolute Gasteiger partial charge is 0.376 e.